The van der Waals surface area contributed by atoms with E-state index in [0.717, 1.165) is 21.3 Å². The lowest BCUT2D eigenvalue weighted by atomic mass is 10.1. The van der Waals surface area contributed by atoms with Gasteiger partial charge in [0.2, 0.25) is 0 Å². The highest BCUT2D eigenvalue weighted by Crippen LogP contribution is 2.21. The van der Waals surface area contributed by atoms with Crippen molar-refractivity contribution >= 4 is 28.7 Å². The minimum Gasteiger partial charge on any atom is -0.454 e. The molecule has 2 heterocycles. The van der Waals surface area contributed by atoms with E-state index in [-0.39, 0.29) is 17.7 Å². The Morgan fingerprint density at radius 3 is 2.33 bits per heavy atom. The molecule has 0 radical (unpaired) electrons. The summed E-state index contributed by atoms with van der Waals surface area (Å²) in [5.74, 6) is -1.18. The van der Waals surface area contributed by atoms with Gasteiger partial charge in [-0.25, -0.2) is 9.78 Å². The maximum absolute atomic E-state index is 12.4. The highest BCUT2D eigenvalue weighted by molar-refractivity contribution is 5.94. The standard InChI is InChI=1S/C20H23N5O5/c1-11-6-12(2)16(13(3)7-11)22-14(26)9-30-15(27)8-25-10-21-18-17(25)19(28)24(5)20(29)23(18)4/h6-7,10H,8-9H2,1-5H3,(H,22,26). The van der Waals surface area contributed by atoms with Crippen molar-refractivity contribution in [1.82, 2.24) is 18.7 Å². The minimum atomic E-state index is -0.710. The van der Waals surface area contributed by atoms with E-state index in [1.807, 2.05) is 32.9 Å². The van der Waals surface area contributed by atoms with Crippen molar-refractivity contribution < 1.29 is 14.3 Å². The first-order chi connectivity index (χ1) is 14.1. The molecular weight excluding hydrogens is 390 g/mol. The minimum absolute atomic E-state index is 0.104. The Balaban J connectivity index is 1.69. The molecule has 0 saturated carbocycles. The lowest BCUT2D eigenvalue weighted by Gasteiger charge is -2.13. The third-order valence-corrected chi connectivity index (χ3v) is 4.82. The molecule has 0 aliphatic heterocycles. The number of fused-ring (bicyclic) bond motifs is 1. The van der Waals surface area contributed by atoms with Gasteiger partial charge in [0.1, 0.15) is 6.54 Å². The average Bonchev–Trinajstić information content (AvgIpc) is 3.09. The van der Waals surface area contributed by atoms with Crippen molar-refractivity contribution in [3.8, 4) is 0 Å². The second-order valence-corrected chi connectivity index (χ2v) is 7.23. The molecule has 0 spiro atoms. The number of carbonyl (C=O) groups excluding carboxylic acids is 2. The van der Waals surface area contributed by atoms with Gasteiger partial charge in [0, 0.05) is 19.8 Å². The number of ether oxygens (including phenoxy) is 1. The van der Waals surface area contributed by atoms with Crippen molar-refractivity contribution in [3.63, 3.8) is 0 Å². The van der Waals surface area contributed by atoms with E-state index >= 15 is 0 Å². The molecular formula is C20H23N5O5. The van der Waals surface area contributed by atoms with Gasteiger partial charge in [0.25, 0.3) is 11.5 Å². The Labute approximate surface area is 171 Å². The number of hydrogen-bond acceptors (Lipinski definition) is 6. The first kappa shape index (κ1) is 21.0. The molecule has 0 bridgehead atoms. The summed E-state index contributed by atoms with van der Waals surface area (Å²) >= 11 is 0. The molecule has 0 saturated heterocycles. The second kappa shape index (κ2) is 7.97. The number of hydrogen-bond donors (Lipinski definition) is 1. The van der Waals surface area contributed by atoms with Crippen LogP contribution in [0.25, 0.3) is 11.2 Å². The summed E-state index contributed by atoms with van der Waals surface area (Å²) in [4.78, 5) is 52.8. The number of aromatic nitrogens is 4. The summed E-state index contributed by atoms with van der Waals surface area (Å²) in [5.41, 5.74) is 2.79. The largest absolute Gasteiger partial charge is 0.454 e. The highest BCUT2D eigenvalue weighted by Gasteiger charge is 2.17. The van der Waals surface area contributed by atoms with Crippen LogP contribution >= 0.6 is 0 Å². The molecule has 0 unspecified atom stereocenters. The van der Waals surface area contributed by atoms with Gasteiger partial charge in [-0.2, -0.15) is 0 Å². The number of anilines is 1. The topological polar surface area (TPSA) is 117 Å². The van der Waals surface area contributed by atoms with E-state index in [4.69, 9.17) is 4.74 Å². The van der Waals surface area contributed by atoms with Crippen LogP contribution in [0.4, 0.5) is 5.69 Å². The Morgan fingerprint density at radius 2 is 1.70 bits per heavy atom. The van der Waals surface area contributed by atoms with Crippen LogP contribution in [0, 0.1) is 20.8 Å². The van der Waals surface area contributed by atoms with Crippen LogP contribution in [0.1, 0.15) is 16.7 Å². The van der Waals surface area contributed by atoms with Gasteiger partial charge < -0.3 is 14.6 Å². The zero-order valence-corrected chi connectivity index (χ0v) is 17.5. The smallest absolute Gasteiger partial charge is 0.332 e. The predicted molar refractivity (Wildman–Crippen MR) is 110 cm³/mol. The molecule has 3 rings (SSSR count). The molecule has 0 aliphatic rings. The number of benzene rings is 1. The fourth-order valence-corrected chi connectivity index (χ4v) is 3.40. The van der Waals surface area contributed by atoms with E-state index < -0.39 is 29.7 Å². The zero-order valence-electron chi connectivity index (χ0n) is 17.5. The Morgan fingerprint density at radius 1 is 1.07 bits per heavy atom. The van der Waals surface area contributed by atoms with Crippen LogP contribution in [0.3, 0.4) is 0 Å². The summed E-state index contributed by atoms with van der Waals surface area (Å²) in [5, 5.41) is 2.75. The van der Waals surface area contributed by atoms with Crippen LogP contribution < -0.4 is 16.6 Å². The van der Waals surface area contributed by atoms with Crippen LogP contribution in [-0.2, 0) is 35.0 Å². The summed E-state index contributed by atoms with van der Waals surface area (Å²) in [7, 11) is 2.83. The molecule has 3 aromatic rings. The molecule has 1 aromatic carbocycles. The van der Waals surface area contributed by atoms with Crippen molar-refractivity contribution in [2.24, 2.45) is 14.1 Å². The molecule has 158 valence electrons. The molecule has 1 N–H and O–H groups in total. The van der Waals surface area contributed by atoms with E-state index in [2.05, 4.69) is 10.3 Å². The Hall–Kier alpha value is -3.69. The van der Waals surface area contributed by atoms with Crippen molar-refractivity contribution in [3.05, 3.63) is 56.0 Å². The third kappa shape index (κ3) is 3.88. The van der Waals surface area contributed by atoms with Crippen LogP contribution in [-0.4, -0.2) is 37.2 Å². The van der Waals surface area contributed by atoms with E-state index in [0.29, 0.717) is 5.69 Å². The van der Waals surface area contributed by atoms with Gasteiger partial charge in [-0.1, -0.05) is 17.7 Å². The summed E-state index contributed by atoms with van der Waals surface area (Å²) in [6.45, 7) is 4.96. The van der Waals surface area contributed by atoms with E-state index in [9.17, 15) is 19.2 Å². The van der Waals surface area contributed by atoms with Crippen molar-refractivity contribution in [2.75, 3.05) is 11.9 Å². The first-order valence-corrected chi connectivity index (χ1v) is 9.24. The van der Waals surface area contributed by atoms with Crippen LogP contribution in [0.5, 0.6) is 0 Å². The van der Waals surface area contributed by atoms with Crippen molar-refractivity contribution in [2.45, 2.75) is 27.3 Å². The fraction of sp³-hybridized carbons (Fsp3) is 0.350. The van der Waals surface area contributed by atoms with E-state index in [1.165, 1.54) is 29.6 Å². The third-order valence-electron chi connectivity index (χ3n) is 4.82. The predicted octanol–water partition coefficient (Wildman–Crippen LogP) is 0.541. The molecule has 10 nitrogen and oxygen atoms in total. The highest BCUT2D eigenvalue weighted by atomic mass is 16.5. The second-order valence-electron chi connectivity index (χ2n) is 7.23. The molecule has 0 atom stereocenters. The summed E-state index contributed by atoms with van der Waals surface area (Å²) in [6, 6.07) is 3.90. The number of rotatable bonds is 5. The molecule has 10 heteroatoms. The van der Waals surface area contributed by atoms with Crippen LogP contribution in [0.15, 0.2) is 28.0 Å². The summed E-state index contributed by atoms with van der Waals surface area (Å²) < 4.78 is 8.50. The van der Waals surface area contributed by atoms with Gasteiger partial charge in [-0.15, -0.1) is 0 Å². The molecule has 0 aliphatic carbocycles. The van der Waals surface area contributed by atoms with Crippen molar-refractivity contribution in [1.29, 1.82) is 0 Å². The first-order valence-electron chi connectivity index (χ1n) is 9.24. The maximum atomic E-state index is 12.4. The lowest BCUT2D eigenvalue weighted by molar-refractivity contribution is -0.147. The lowest BCUT2D eigenvalue weighted by Crippen LogP contribution is -2.37. The number of nitrogens with one attached hydrogen (secondary N) is 1. The normalized spacial score (nSPS) is 11.0. The molecule has 0 fully saturated rings. The van der Waals surface area contributed by atoms with Gasteiger partial charge >= 0.3 is 11.7 Å². The monoisotopic (exact) mass is 413 g/mol. The Bertz CT molecular complexity index is 1260. The molecule has 2 aromatic heterocycles. The molecule has 1 amide bonds. The number of nitrogens with zero attached hydrogens (tertiary/aromatic N) is 4. The molecule has 30 heavy (non-hydrogen) atoms. The zero-order chi connectivity index (χ0) is 22.2. The van der Waals surface area contributed by atoms with Gasteiger partial charge in [-0.3, -0.25) is 23.5 Å². The number of carbonyl (C=O) groups is 2. The SMILES string of the molecule is Cc1cc(C)c(NC(=O)COC(=O)Cn2cnc3c2c(=O)n(C)c(=O)n3C)c(C)c1. The number of aryl methyl sites for hydroxylation is 4. The van der Waals surface area contributed by atoms with Gasteiger partial charge in [0.15, 0.2) is 17.8 Å². The van der Waals surface area contributed by atoms with Crippen LogP contribution in [0.2, 0.25) is 0 Å². The number of imidazole rings is 1. The van der Waals surface area contributed by atoms with E-state index in [1.54, 1.807) is 0 Å². The average molecular weight is 413 g/mol. The Kier molecular flexibility index (Phi) is 5.59. The summed E-state index contributed by atoms with van der Waals surface area (Å²) in [6.07, 6.45) is 1.28. The number of esters is 1. The maximum Gasteiger partial charge on any atom is 0.332 e. The number of amides is 1. The quantitative estimate of drug-likeness (QED) is 0.610. The van der Waals surface area contributed by atoms with Gasteiger partial charge in [0.05, 0.1) is 6.33 Å². The van der Waals surface area contributed by atoms with Gasteiger partial charge in [-0.05, 0) is 31.9 Å². The fourth-order valence-electron chi connectivity index (χ4n) is 3.40.